The van der Waals surface area contributed by atoms with Crippen molar-refractivity contribution in [3.05, 3.63) is 65.2 Å². The average molecular weight is 262 g/mol. The SMILES string of the molecule is O=C1c2ccccc2N2CC2C2c3ccccc3CN12. The van der Waals surface area contributed by atoms with Gasteiger partial charge in [-0.1, -0.05) is 36.4 Å². The Kier molecular flexibility index (Phi) is 1.80. The Labute approximate surface area is 117 Å². The number of anilines is 1. The molecule has 2 aromatic carbocycles. The molecular weight excluding hydrogens is 248 g/mol. The van der Waals surface area contributed by atoms with Crippen molar-refractivity contribution in [3.8, 4) is 0 Å². The molecule has 20 heavy (non-hydrogen) atoms. The van der Waals surface area contributed by atoms with Crippen LogP contribution >= 0.6 is 0 Å². The van der Waals surface area contributed by atoms with Crippen molar-refractivity contribution in [1.82, 2.24) is 4.90 Å². The van der Waals surface area contributed by atoms with Crippen molar-refractivity contribution in [3.63, 3.8) is 0 Å². The first kappa shape index (κ1) is 10.5. The highest BCUT2D eigenvalue weighted by Crippen LogP contribution is 2.48. The van der Waals surface area contributed by atoms with E-state index in [-0.39, 0.29) is 11.9 Å². The molecule has 3 nitrogen and oxygen atoms in total. The van der Waals surface area contributed by atoms with Gasteiger partial charge in [-0.15, -0.1) is 0 Å². The normalized spacial score (nSPS) is 25.5. The van der Waals surface area contributed by atoms with E-state index in [2.05, 4.69) is 40.1 Å². The zero-order valence-corrected chi connectivity index (χ0v) is 11.0. The van der Waals surface area contributed by atoms with Gasteiger partial charge in [-0.05, 0) is 23.3 Å². The molecule has 0 aromatic heterocycles. The van der Waals surface area contributed by atoms with E-state index in [1.807, 2.05) is 18.2 Å². The van der Waals surface area contributed by atoms with E-state index >= 15 is 0 Å². The molecule has 2 unspecified atom stereocenters. The fraction of sp³-hybridized carbons (Fsp3) is 0.235. The molecule has 5 rings (SSSR count). The summed E-state index contributed by atoms with van der Waals surface area (Å²) in [4.78, 5) is 17.3. The van der Waals surface area contributed by atoms with E-state index in [0.29, 0.717) is 6.04 Å². The number of benzene rings is 2. The number of carbonyl (C=O) groups excluding carboxylic acids is 1. The predicted molar refractivity (Wildman–Crippen MR) is 76.6 cm³/mol. The van der Waals surface area contributed by atoms with E-state index in [0.717, 1.165) is 24.3 Å². The summed E-state index contributed by atoms with van der Waals surface area (Å²) in [6, 6.07) is 17.2. The van der Waals surface area contributed by atoms with Crippen LogP contribution in [-0.4, -0.2) is 23.4 Å². The molecule has 0 N–H and O–H groups in total. The molecule has 2 aromatic rings. The Morgan fingerprint density at radius 3 is 2.70 bits per heavy atom. The van der Waals surface area contributed by atoms with Crippen LogP contribution < -0.4 is 4.90 Å². The summed E-state index contributed by atoms with van der Waals surface area (Å²) in [6.07, 6.45) is 0. The lowest BCUT2D eigenvalue weighted by Gasteiger charge is -2.23. The molecule has 2 atom stereocenters. The maximum absolute atomic E-state index is 12.9. The third-order valence-electron chi connectivity index (χ3n) is 4.77. The zero-order valence-electron chi connectivity index (χ0n) is 11.0. The van der Waals surface area contributed by atoms with Gasteiger partial charge in [0, 0.05) is 18.8 Å². The lowest BCUT2D eigenvalue weighted by atomic mass is 10.0. The van der Waals surface area contributed by atoms with Crippen LogP contribution in [0.15, 0.2) is 48.5 Å². The third-order valence-corrected chi connectivity index (χ3v) is 4.77. The minimum absolute atomic E-state index is 0.175. The molecule has 3 heterocycles. The lowest BCUT2D eigenvalue weighted by Crippen LogP contribution is -2.31. The van der Waals surface area contributed by atoms with Crippen LogP contribution in [0.3, 0.4) is 0 Å². The van der Waals surface area contributed by atoms with Crippen molar-refractivity contribution in [2.45, 2.75) is 18.6 Å². The second kappa shape index (κ2) is 3.42. The third kappa shape index (κ3) is 1.18. The van der Waals surface area contributed by atoms with E-state index < -0.39 is 0 Å². The minimum Gasteiger partial charge on any atom is -0.362 e. The standard InChI is InChI=1S/C17H14N2O/c20-17-13-7-3-4-8-14(13)18-10-15(18)16-12-6-2-1-5-11(12)9-19(16)17/h1-8,15-16H,9-10H2. The summed E-state index contributed by atoms with van der Waals surface area (Å²) in [5, 5.41) is 0. The Morgan fingerprint density at radius 1 is 0.950 bits per heavy atom. The zero-order chi connectivity index (χ0) is 13.3. The quantitative estimate of drug-likeness (QED) is 0.681. The second-order valence-corrected chi connectivity index (χ2v) is 5.81. The van der Waals surface area contributed by atoms with Crippen molar-refractivity contribution in [2.24, 2.45) is 0 Å². The number of amides is 1. The van der Waals surface area contributed by atoms with Gasteiger partial charge in [-0.2, -0.15) is 0 Å². The maximum Gasteiger partial charge on any atom is 0.256 e. The highest BCUT2D eigenvalue weighted by Gasteiger charge is 2.52. The largest absolute Gasteiger partial charge is 0.362 e. The summed E-state index contributed by atoms with van der Waals surface area (Å²) in [5.41, 5.74) is 4.60. The summed E-state index contributed by atoms with van der Waals surface area (Å²) in [6.45, 7) is 1.80. The van der Waals surface area contributed by atoms with Crippen LogP contribution in [0.1, 0.15) is 27.5 Å². The molecule has 98 valence electrons. The Morgan fingerprint density at radius 2 is 1.75 bits per heavy atom. The van der Waals surface area contributed by atoms with Crippen molar-refractivity contribution < 1.29 is 4.79 Å². The van der Waals surface area contributed by atoms with Gasteiger partial charge in [0.05, 0.1) is 17.6 Å². The minimum atomic E-state index is 0.175. The fourth-order valence-corrected chi connectivity index (χ4v) is 3.79. The Hall–Kier alpha value is -2.29. The fourth-order valence-electron chi connectivity index (χ4n) is 3.79. The topological polar surface area (TPSA) is 23.3 Å². The Bertz CT molecular complexity index is 739. The molecule has 1 amide bonds. The van der Waals surface area contributed by atoms with Crippen LogP contribution in [0, 0.1) is 0 Å². The average Bonchev–Trinajstić information content (AvgIpc) is 3.19. The highest BCUT2D eigenvalue weighted by molar-refractivity contribution is 6.02. The number of hydrogen-bond donors (Lipinski definition) is 0. The van der Waals surface area contributed by atoms with Gasteiger partial charge in [0.25, 0.3) is 5.91 Å². The maximum atomic E-state index is 12.9. The van der Waals surface area contributed by atoms with E-state index in [1.165, 1.54) is 11.1 Å². The number of hydrogen-bond acceptors (Lipinski definition) is 2. The van der Waals surface area contributed by atoms with Gasteiger partial charge in [-0.25, -0.2) is 0 Å². The van der Waals surface area contributed by atoms with Crippen LogP contribution in [0.2, 0.25) is 0 Å². The molecular formula is C17H14N2O. The highest BCUT2D eigenvalue weighted by atomic mass is 16.2. The number of rotatable bonds is 0. The van der Waals surface area contributed by atoms with Crippen LogP contribution in [-0.2, 0) is 6.54 Å². The van der Waals surface area contributed by atoms with Gasteiger partial charge in [-0.3, -0.25) is 4.79 Å². The van der Waals surface area contributed by atoms with Gasteiger partial charge < -0.3 is 9.80 Å². The molecule has 3 aliphatic heterocycles. The van der Waals surface area contributed by atoms with Crippen molar-refractivity contribution in [1.29, 1.82) is 0 Å². The van der Waals surface area contributed by atoms with E-state index in [9.17, 15) is 4.79 Å². The first-order valence-corrected chi connectivity index (χ1v) is 7.09. The van der Waals surface area contributed by atoms with Crippen LogP contribution in [0.4, 0.5) is 5.69 Å². The molecule has 1 saturated heterocycles. The van der Waals surface area contributed by atoms with Gasteiger partial charge in [0.15, 0.2) is 0 Å². The summed E-state index contributed by atoms with van der Waals surface area (Å²) in [5.74, 6) is 0.175. The molecule has 0 aliphatic carbocycles. The molecule has 0 radical (unpaired) electrons. The summed E-state index contributed by atoms with van der Waals surface area (Å²) >= 11 is 0. The number of carbonyl (C=O) groups is 1. The lowest BCUT2D eigenvalue weighted by molar-refractivity contribution is 0.0698. The van der Waals surface area contributed by atoms with Crippen molar-refractivity contribution >= 4 is 11.6 Å². The van der Waals surface area contributed by atoms with E-state index in [1.54, 1.807) is 0 Å². The first-order valence-electron chi connectivity index (χ1n) is 7.09. The first-order chi connectivity index (χ1) is 9.84. The van der Waals surface area contributed by atoms with Crippen LogP contribution in [0.25, 0.3) is 0 Å². The second-order valence-electron chi connectivity index (χ2n) is 5.81. The molecule has 0 bridgehead atoms. The van der Waals surface area contributed by atoms with E-state index in [4.69, 9.17) is 0 Å². The summed E-state index contributed by atoms with van der Waals surface area (Å²) in [7, 11) is 0. The smallest absolute Gasteiger partial charge is 0.256 e. The van der Waals surface area contributed by atoms with Crippen LogP contribution in [0.5, 0.6) is 0 Å². The molecule has 3 heteroatoms. The number of fused-ring (bicyclic) bond motifs is 7. The molecule has 1 fully saturated rings. The molecule has 3 aliphatic rings. The van der Waals surface area contributed by atoms with Gasteiger partial charge in [0.1, 0.15) is 0 Å². The van der Waals surface area contributed by atoms with Crippen molar-refractivity contribution in [2.75, 3.05) is 11.4 Å². The molecule has 0 spiro atoms. The Balaban J connectivity index is 1.70. The number of nitrogens with zero attached hydrogens (tertiary/aromatic N) is 2. The monoisotopic (exact) mass is 262 g/mol. The number of para-hydroxylation sites is 1. The molecule has 0 saturated carbocycles. The summed E-state index contributed by atoms with van der Waals surface area (Å²) < 4.78 is 0. The van der Waals surface area contributed by atoms with Gasteiger partial charge >= 0.3 is 0 Å². The predicted octanol–water partition coefficient (Wildman–Crippen LogP) is 2.59. The van der Waals surface area contributed by atoms with Gasteiger partial charge in [0.2, 0.25) is 0 Å².